The second-order valence-corrected chi connectivity index (χ2v) is 5.41. The number of anilines is 1. The molecule has 0 bridgehead atoms. The van der Waals surface area contributed by atoms with Gasteiger partial charge in [0.2, 0.25) is 0 Å². The zero-order valence-electron chi connectivity index (χ0n) is 9.91. The van der Waals surface area contributed by atoms with Crippen molar-refractivity contribution in [2.75, 3.05) is 18.1 Å². The Hall–Kier alpha value is -1.31. The lowest BCUT2D eigenvalue weighted by Crippen LogP contribution is -2.14. The summed E-state index contributed by atoms with van der Waals surface area (Å²) in [5, 5.41) is 9.97. The first-order valence-corrected chi connectivity index (χ1v) is 6.71. The summed E-state index contributed by atoms with van der Waals surface area (Å²) < 4.78 is 7.70. The number of nitrogen functional groups attached to an aromatic ring is 1. The van der Waals surface area contributed by atoms with Crippen LogP contribution in [0.5, 0.6) is 0 Å². The van der Waals surface area contributed by atoms with Gasteiger partial charge in [0.1, 0.15) is 29.5 Å². The maximum absolute atomic E-state index is 9.09. The Bertz CT molecular complexity index is 586. The highest BCUT2D eigenvalue weighted by molar-refractivity contribution is 8.00. The smallest absolute Gasteiger partial charge is 0.147 e. The third-order valence-electron chi connectivity index (χ3n) is 3.02. The number of nitrogens with zero attached hydrogens (tertiary/aromatic N) is 3. The molecule has 6 nitrogen and oxygen atoms in total. The Kier molecular flexibility index (Phi) is 2.89. The number of aryl methyl sites for hydroxylation is 1. The average molecular weight is 266 g/mol. The van der Waals surface area contributed by atoms with Gasteiger partial charge in [-0.05, 0) is 12.5 Å². The molecule has 1 fully saturated rings. The molecule has 1 saturated heterocycles. The van der Waals surface area contributed by atoms with Crippen LogP contribution in [0.3, 0.4) is 0 Å². The monoisotopic (exact) mass is 266 g/mol. The fourth-order valence-corrected chi connectivity index (χ4v) is 3.13. The van der Waals surface area contributed by atoms with Crippen molar-refractivity contribution in [2.45, 2.75) is 18.6 Å². The molecule has 3 N–H and O–H groups in total. The van der Waals surface area contributed by atoms with Gasteiger partial charge in [0.25, 0.3) is 0 Å². The van der Waals surface area contributed by atoms with E-state index in [1.54, 1.807) is 11.8 Å². The summed E-state index contributed by atoms with van der Waals surface area (Å²) >= 11 is 1.60. The molecule has 0 saturated carbocycles. The maximum Gasteiger partial charge on any atom is 0.147 e. The topological polar surface area (TPSA) is 86.2 Å². The van der Waals surface area contributed by atoms with E-state index < -0.39 is 0 Å². The van der Waals surface area contributed by atoms with E-state index in [-0.39, 0.29) is 18.3 Å². The molecule has 0 amide bonds. The number of aliphatic hydroxyl groups excluding tert-OH is 1. The second-order valence-electron chi connectivity index (χ2n) is 4.21. The standard InChI is InChI=1S/C11H14N4O2S/c1-6-2-15(7-4-18-8(3-16)17-7)11-9(6)10(12)13-5-14-11/h2,5,7-8,16H,3-4H2,1H3,(H2,12,13,14)/t7-,8+/m1/s1. The molecule has 3 rings (SSSR count). The van der Waals surface area contributed by atoms with Gasteiger partial charge in [0.05, 0.1) is 12.0 Å². The molecular weight excluding hydrogens is 252 g/mol. The van der Waals surface area contributed by atoms with Crippen molar-refractivity contribution in [3.63, 3.8) is 0 Å². The van der Waals surface area contributed by atoms with Gasteiger partial charge in [0.15, 0.2) is 0 Å². The van der Waals surface area contributed by atoms with E-state index in [2.05, 4.69) is 9.97 Å². The third kappa shape index (κ3) is 1.75. The number of ether oxygens (including phenoxy) is 1. The Morgan fingerprint density at radius 2 is 2.44 bits per heavy atom. The number of fused-ring (bicyclic) bond motifs is 1. The number of aromatic nitrogens is 3. The SMILES string of the molecule is Cc1cn([C@H]2CS[C@@H](CO)O2)c2ncnc(N)c12. The molecule has 0 unspecified atom stereocenters. The predicted octanol–water partition coefficient (Wildman–Crippen LogP) is 0.902. The Balaban J connectivity index is 2.06. The van der Waals surface area contributed by atoms with Gasteiger partial charge in [-0.3, -0.25) is 0 Å². The van der Waals surface area contributed by atoms with Crippen molar-refractivity contribution in [3.05, 3.63) is 18.1 Å². The van der Waals surface area contributed by atoms with Crippen LogP contribution in [0.4, 0.5) is 5.82 Å². The van der Waals surface area contributed by atoms with E-state index in [0.717, 1.165) is 22.3 Å². The van der Waals surface area contributed by atoms with E-state index >= 15 is 0 Å². The molecule has 0 radical (unpaired) electrons. The second kappa shape index (κ2) is 4.42. The number of rotatable bonds is 2. The number of thioether (sulfide) groups is 1. The molecule has 0 aromatic carbocycles. The fraction of sp³-hybridized carbons (Fsp3) is 0.455. The summed E-state index contributed by atoms with van der Waals surface area (Å²) in [5.74, 6) is 1.28. The molecule has 2 aromatic heterocycles. The molecule has 0 aliphatic carbocycles. The highest BCUT2D eigenvalue weighted by Gasteiger charge is 2.28. The van der Waals surface area contributed by atoms with Crippen LogP contribution in [0, 0.1) is 6.92 Å². The van der Waals surface area contributed by atoms with Crippen molar-refractivity contribution in [1.82, 2.24) is 14.5 Å². The van der Waals surface area contributed by atoms with Crippen molar-refractivity contribution in [2.24, 2.45) is 0 Å². The lowest BCUT2D eigenvalue weighted by molar-refractivity contribution is -0.00166. The van der Waals surface area contributed by atoms with Crippen LogP contribution in [0.25, 0.3) is 11.0 Å². The molecule has 2 atom stereocenters. The summed E-state index contributed by atoms with van der Waals surface area (Å²) in [4.78, 5) is 8.28. The van der Waals surface area contributed by atoms with Gasteiger partial charge >= 0.3 is 0 Å². The van der Waals surface area contributed by atoms with E-state index in [9.17, 15) is 0 Å². The molecule has 1 aliphatic heterocycles. The molecule has 96 valence electrons. The van der Waals surface area contributed by atoms with E-state index in [4.69, 9.17) is 15.6 Å². The Labute approximate surface area is 108 Å². The lowest BCUT2D eigenvalue weighted by atomic mass is 10.2. The van der Waals surface area contributed by atoms with Crippen LogP contribution in [-0.2, 0) is 4.74 Å². The first-order chi connectivity index (χ1) is 8.70. The van der Waals surface area contributed by atoms with Gasteiger partial charge in [-0.15, -0.1) is 11.8 Å². The van der Waals surface area contributed by atoms with Crippen LogP contribution < -0.4 is 5.73 Å². The van der Waals surface area contributed by atoms with Crippen LogP contribution in [0.1, 0.15) is 11.8 Å². The van der Waals surface area contributed by atoms with Crippen molar-refractivity contribution < 1.29 is 9.84 Å². The normalized spacial score (nSPS) is 23.9. The summed E-state index contributed by atoms with van der Waals surface area (Å²) in [6.07, 6.45) is 3.32. The van der Waals surface area contributed by atoms with Crippen LogP contribution >= 0.6 is 11.8 Å². The molecule has 7 heteroatoms. The molecule has 0 spiro atoms. The minimum atomic E-state index is -0.160. The fourth-order valence-electron chi connectivity index (χ4n) is 2.20. The predicted molar refractivity (Wildman–Crippen MR) is 70.1 cm³/mol. The maximum atomic E-state index is 9.09. The van der Waals surface area contributed by atoms with Gasteiger partial charge in [-0.1, -0.05) is 0 Å². The summed E-state index contributed by atoms with van der Waals surface area (Å²) in [6.45, 7) is 2.00. The van der Waals surface area contributed by atoms with Crippen LogP contribution in [0.2, 0.25) is 0 Å². The number of hydrogen-bond acceptors (Lipinski definition) is 6. The Morgan fingerprint density at radius 3 is 3.17 bits per heavy atom. The van der Waals surface area contributed by atoms with Gasteiger partial charge < -0.3 is 20.1 Å². The summed E-state index contributed by atoms with van der Waals surface area (Å²) in [7, 11) is 0. The summed E-state index contributed by atoms with van der Waals surface area (Å²) in [6, 6.07) is 0. The molecule has 3 heterocycles. The molecular formula is C11H14N4O2S. The van der Waals surface area contributed by atoms with E-state index in [1.807, 2.05) is 17.7 Å². The average Bonchev–Trinajstić information content (AvgIpc) is 2.94. The van der Waals surface area contributed by atoms with Crippen molar-refractivity contribution in [3.8, 4) is 0 Å². The first kappa shape index (κ1) is 11.8. The number of hydrogen-bond donors (Lipinski definition) is 2. The first-order valence-electron chi connectivity index (χ1n) is 5.66. The van der Waals surface area contributed by atoms with Crippen molar-refractivity contribution >= 4 is 28.6 Å². The van der Waals surface area contributed by atoms with Crippen LogP contribution in [-0.4, -0.2) is 37.4 Å². The van der Waals surface area contributed by atoms with E-state index in [1.165, 1.54) is 6.33 Å². The highest BCUT2D eigenvalue weighted by Crippen LogP contribution is 2.35. The molecule has 18 heavy (non-hydrogen) atoms. The third-order valence-corrected chi connectivity index (χ3v) is 4.13. The lowest BCUT2D eigenvalue weighted by Gasteiger charge is -2.13. The number of aliphatic hydroxyl groups is 1. The number of nitrogens with two attached hydrogens (primary N) is 1. The van der Waals surface area contributed by atoms with Crippen molar-refractivity contribution in [1.29, 1.82) is 0 Å². The quantitative estimate of drug-likeness (QED) is 0.840. The molecule has 1 aliphatic rings. The largest absolute Gasteiger partial charge is 0.393 e. The van der Waals surface area contributed by atoms with Crippen LogP contribution in [0.15, 0.2) is 12.5 Å². The van der Waals surface area contributed by atoms with Gasteiger partial charge in [0, 0.05) is 11.9 Å². The van der Waals surface area contributed by atoms with Gasteiger partial charge in [-0.2, -0.15) is 0 Å². The zero-order valence-corrected chi connectivity index (χ0v) is 10.7. The van der Waals surface area contributed by atoms with E-state index in [0.29, 0.717) is 5.82 Å². The minimum Gasteiger partial charge on any atom is -0.393 e. The van der Waals surface area contributed by atoms with Gasteiger partial charge in [-0.25, -0.2) is 9.97 Å². The highest BCUT2D eigenvalue weighted by atomic mass is 32.2. The Morgan fingerprint density at radius 1 is 1.61 bits per heavy atom. The molecule has 2 aromatic rings. The minimum absolute atomic E-state index is 0.0243. The zero-order chi connectivity index (χ0) is 12.7. The summed E-state index contributed by atoms with van der Waals surface area (Å²) in [5.41, 5.74) is 7.53.